The topological polar surface area (TPSA) is 61.5 Å². The molecular formula is C31H34N4O2. The highest BCUT2D eigenvalue weighted by Gasteiger charge is 2.34. The molecule has 1 saturated heterocycles. The summed E-state index contributed by atoms with van der Waals surface area (Å²) in [5.74, 6) is 2.42. The van der Waals surface area contributed by atoms with Crippen LogP contribution in [0.1, 0.15) is 48.3 Å². The third-order valence-electron chi connectivity index (χ3n) is 7.82. The molecule has 2 amide bonds. The van der Waals surface area contributed by atoms with Crippen LogP contribution < -0.4 is 4.74 Å². The summed E-state index contributed by atoms with van der Waals surface area (Å²) in [6.07, 6.45) is 2.03. The van der Waals surface area contributed by atoms with E-state index in [1.54, 1.807) is 0 Å². The molecule has 6 heteroatoms. The summed E-state index contributed by atoms with van der Waals surface area (Å²) in [6, 6.07) is 21.4. The summed E-state index contributed by atoms with van der Waals surface area (Å²) in [4.78, 5) is 25.9. The molecule has 0 unspecified atom stereocenters. The van der Waals surface area contributed by atoms with Crippen LogP contribution in [0.3, 0.4) is 0 Å². The van der Waals surface area contributed by atoms with Gasteiger partial charge in [-0.05, 0) is 79.1 Å². The number of aromatic nitrogens is 2. The lowest BCUT2D eigenvalue weighted by Gasteiger charge is -2.41. The number of imidazole rings is 1. The molecule has 0 saturated carbocycles. The summed E-state index contributed by atoms with van der Waals surface area (Å²) in [5, 5.41) is 0. The van der Waals surface area contributed by atoms with E-state index < -0.39 is 0 Å². The summed E-state index contributed by atoms with van der Waals surface area (Å²) in [6.45, 7) is 8.76. The zero-order valence-electron chi connectivity index (χ0n) is 21.8. The number of ether oxygens (including phenoxy) is 1. The highest BCUT2D eigenvalue weighted by Crippen LogP contribution is 2.37. The number of nitrogens with one attached hydrogen (secondary N) is 1. The van der Waals surface area contributed by atoms with Crippen molar-refractivity contribution in [3.8, 4) is 16.9 Å². The standard InChI is InChI=1S/C31H34N4O2/c1-20-11-12-35(29(15-20)23-7-5-4-6-8-23)31(36)34-13-14-37-30-21(2)16-25(17-26(30)19-34)24-9-10-27-28(18-24)33-22(3)32-27/h4-10,16-18,20,29H,11-15,19H2,1-3H3,(H,32,33)/t20-,29+/m0/s1. The van der Waals surface area contributed by atoms with Crippen molar-refractivity contribution in [3.63, 3.8) is 0 Å². The van der Waals surface area contributed by atoms with E-state index in [9.17, 15) is 4.79 Å². The molecule has 0 bridgehead atoms. The molecule has 2 aliphatic heterocycles. The van der Waals surface area contributed by atoms with Gasteiger partial charge in [-0.15, -0.1) is 0 Å². The van der Waals surface area contributed by atoms with E-state index in [-0.39, 0.29) is 12.1 Å². The van der Waals surface area contributed by atoms with Crippen LogP contribution in [0, 0.1) is 19.8 Å². The van der Waals surface area contributed by atoms with Gasteiger partial charge in [0.05, 0.1) is 30.2 Å². The van der Waals surface area contributed by atoms with Crippen LogP contribution in [-0.4, -0.2) is 45.5 Å². The van der Waals surface area contributed by atoms with Gasteiger partial charge in [0, 0.05) is 12.1 Å². The molecule has 2 aliphatic rings. The molecule has 6 rings (SSSR count). The number of H-pyrrole nitrogens is 1. The van der Waals surface area contributed by atoms with Gasteiger partial charge < -0.3 is 19.5 Å². The molecule has 2 atom stereocenters. The number of carbonyl (C=O) groups is 1. The van der Waals surface area contributed by atoms with E-state index in [4.69, 9.17) is 4.74 Å². The second-order valence-electron chi connectivity index (χ2n) is 10.6. The molecule has 1 fully saturated rings. The number of rotatable bonds is 2. The predicted molar refractivity (Wildman–Crippen MR) is 147 cm³/mol. The van der Waals surface area contributed by atoms with Gasteiger partial charge in [0.25, 0.3) is 0 Å². The lowest BCUT2D eigenvalue weighted by atomic mass is 9.88. The number of aryl methyl sites for hydroxylation is 2. The van der Waals surface area contributed by atoms with Gasteiger partial charge >= 0.3 is 6.03 Å². The first-order valence-corrected chi connectivity index (χ1v) is 13.3. The molecule has 3 aromatic carbocycles. The van der Waals surface area contributed by atoms with E-state index in [1.807, 2.05) is 17.9 Å². The van der Waals surface area contributed by atoms with E-state index >= 15 is 0 Å². The van der Waals surface area contributed by atoms with Gasteiger partial charge in [-0.25, -0.2) is 9.78 Å². The molecular weight excluding hydrogens is 460 g/mol. The monoisotopic (exact) mass is 494 g/mol. The van der Waals surface area contributed by atoms with Crippen molar-refractivity contribution in [3.05, 3.63) is 83.2 Å². The minimum atomic E-state index is 0.105. The van der Waals surface area contributed by atoms with Gasteiger partial charge in [0.15, 0.2) is 0 Å². The minimum Gasteiger partial charge on any atom is -0.491 e. The zero-order chi connectivity index (χ0) is 25.5. The summed E-state index contributed by atoms with van der Waals surface area (Å²) < 4.78 is 6.21. The Morgan fingerprint density at radius 3 is 2.70 bits per heavy atom. The molecule has 4 aromatic rings. The van der Waals surface area contributed by atoms with Crippen molar-refractivity contribution in [2.45, 2.75) is 46.2 Å². The zero-order valence-corrected chi connectivity index (χ0v) is 21.8. The highest BCUT2D eigenvalue weighted by atomic mass is 16.5. The Morgan fingerprint density at radius 2 is 1.86 bits per heavy atom. The first-order chi connectivity index (χ1) is 18.0. The largest absolute Gasteiger partial charge is 0.491 e. The molecule has 37 heavy (non-hydrogen) atoms. The van der Waals surface area contributed by atoms with Gasteiger partial charge in [-0.3, -0.25) is 0 Å². The second kappa shape index (κ2) is 9.58. The van der Waals surface area contributed by atoms with Crippen molar-refractivity contribution in [1.82, 2.24) is 19.8 Å². The third-order valence-corrected chi connectivity index (χ3v) is 7.82. The van der Waals surface area contributed by atoms with Crippen LogP contribution in [0.5, 0.6) is 5.75 Å². The van der Waals surface area contributed by atoms with Crippen LogP contribution in [0.25, 0.3) is 22.2 Å². The Kier molecular flexibility index (Phi) is 6.11. The Hall–Kier alpha value is -3.80. The number of carbonyl (C=O) groups excluding carboxylic acids is 1. The van der Waals surface area contributed by atoms with Crippen molar-refractivity contribution >= 4 is 17.1 Å². The molecule has 6 nitrogen and oxygen atoms in total. The number of likely N-dealkylation sites (tertiary alicyclic amines) is 1. The van der Waals surface area contributed by atoms with E-state index in [2.05, 4.69) is 83.3 Å². The number of hydrogen-bond acceptors (Lipinski definition) is 3. The number of hydrogen-bond donors (Lipinski definition) is 1. The molecule has 1 N–H and O–H groups in total. The Bertz CT molecular complexity index is 1440. The highest BCUT2D eigenvalue weighted by molar-refractivity contribution is 5.83. The van der Waals surface area contributed by atoms with E-state index in [1.165, 1.54) is 5.56 Å². The SMILES string of the molecule is Cc1nc2cc(-c3cc(C)c4c(c3)CN(C(=O)N3CC[C@H](C)C[C@@H]3c3ccccc3)CCO4)ccc2[nH]1. The van der Waals surface area contributed by atoms with Crippen LogP contribution >= 0.6 is 0 Å². The first kappa shape index (κ1) is 23.6. The number of nitrogens with zero attached hydrogens (tertiary/aromatic N) is 3. The smallest absolute Gasteiger partial charge is 0.320 e. The van der Waals surface area contributed by atoms with Crippen molar-refractivity contribution < 1.29 is 9.53 Å². The maximum Gasteiger partial charge on any atom is 0.320 e. The lowest BCUT2D eigenvalue weighted by molar-refractivity contribution is 0.0969. The molecule has 0 radical (unpaired) electrons. The van der Waals surface area contributed by atoms with Crippen molar-refractivity contribution in [1.29, 1.82) is 0 Å². The maximum absolute atomic E-state index is 14.0. The van der Waals surface area contributed by atoms with E-state index in [0.29, 0.717) is 25.6 Å². The fraction of sp³-hybridized carbons (Fsp3) is 0.355. The summed E-state index contributed by atoms with van der Waals surface area (Å²) >= 11 is 0. The molecule has 190 valence electrons. The maximum atomic E-state index is 14.0. The van der Waals surface area contributed by atoms with Crippen LogP contribution in [0.15, 0.2) is 60.7 Å². The van der Waals surface area contributed by atoms with Gasteiger partial charge in [-0.2, -0.15) is 0 Å². The third kappa shape index (κ3) is 4.57. The number of urea groups is 1. The summed E-state index contributed by atoms with van der Waals surface area (Å²) in [7, 11) is 0. The van der Waals surface area contributed by atoms with Crippen LogP contribution in [-0.2, 0) is 6.54 Å². The number of amides is 2. The minimum absolute atomic E-state index is 0.105. The van der Waals surface area contributed by atoms with Crippen molar-refractivity contribution in [2.24, 2.45) is 5.92 Å². The van der Waals surface area contributed by atoms with Gasteiger partial charge in [0.2, 0.25) is 0 Å². The summed E-state index contributed by atoms with van der Waals surface area (Å²) in [5.41, 5.74) is 7.59. The molecule has 1 aromatic heterocycles. The Morgan fingerprint density at radius 1 is 1.03 bits per heavy atom. The molecule has 3 heterocycles. The average molecular weight is 495 g/mol. The molecule has 0 spiro atoms. The number of piperidine rings is 1. The average Bonchev–Trinajstić information content (AvgIpc) is 3.14. The number of benzene rings is 3. The Balaban J connectivity index is 1.30. The fourth-order valence-electron chi connectivity index (χ4n) is 5.90. The number of fused-ring (bicyclic) bond motifs is 2. The fourth-order valence-corrected chi connectivity index (χ4v) is 5.90. The number of aromatic amines is 1. The first-order valence-electron chi connectivity index (χ1n) is 13.3. The van der Waals surface area contributed by atoms with Gasteiger partial charge in [-0.1, -0.05) is 43.3 Å². The predicted octanol–water partition coefficient (Wildman–Crippen LogP) is 6.63. The van der Waals surface area contributed by atoms with Gasteiger partial charge in [0.1, 0.15) is 18.2 Å². The molecule has 0 aliphatic carbocycles. The second-order valence-corrected chi connectivity index (χ2v) is 10.6. The Labute approximate surface area is 218 Å². The normalized spacial score (nSPS) is 19.9. The van der Waals surface area contributed by atoms with Crippen LogP contribution in [0.4, 0.5) is 4.79 Å². The lowest BCUT2D eigenvalue weighted by Crippen LogP contribution is -2.48. The van der Waals surface area contributed by atoms with E-state index in [0.717, 1.165) is 64.2 Å². The van der Waals surface area contributed by atoms with Crippen molar-refractivity contribution in [2.75, 3.05) is 19.7 Å². The van der Waals surface area contributed by atoms with Crippen LogP contribution in [0.2, 0.25) is 0 Å². The quantitative estimate of drug-likeness (QED) is 0.340.